The topological polar surface area (TPSA) is 83.4 Å². The summed E-state index contributed by atoms with van der Waals surface area (Å²) in [6.45, 7) is 0.986. The Morgan fingerprint density at radius 3 is 2.71 bits per heavy atom. The van der Waals surface area contributed by atoms with E-state index in [4.69, 9.17) is 26.3 Å². The van der Waals surface area contributed by atoms with E-state index in [-0.39, 0.29) is 12.5 Å². The first-order valence-corrected chi connectivity index (χ1v) is 7.66. The van der Waals surface area contributed by atoms with Crippen LogP contribution in [0.15, 0.2) is 36.4 Å². The fraction of sp³-hybridized carbons (Fsp3) is 0.176. The van der Waals surface area contributed by atoms with E-state index in [0.29, 0.717) is 46.7 Å². The molecular formula is C17H14ClN3O3. The molecule has 0 radical (unpaired) electrons. The third-order valence-electron chi connectivity index (χ3n) is 3.35. The SMILES string of the molecule is N#Cc1cccc(NC(=O)CNc2cc3c(cc2Cl)OCCO3)c1. The summed E-state index contributed by atoms with van der Waals surface area (Å²) in [5, 5.41) is 15.0. The Labute approximate surface area is 143 Å². The minimum atomic E-state index is -0.254. The molecule has 0 saturated carbocycles. The molecule has 2 N–H and O–H groups in total. The zero-order chi connectivity index (χ0) is 16.9. The van der Waals surface area contributed by atoms with Crippen LogP contribution in [0.4, 0.5) is 11.4 Å². The number of nitrogens with one attached hydrogen (secondary N) is 2. The van der Waals surface area contributed by atoms with Gasteiger partial charge in [-0.1, -0.05) is 17.7 Å². The van der Waals surface area contributed by atoms with Crippen molar-refractivity contribution in [1.82, 2.24) is 0 Å². The van der Waals surface area contributed by atoms with E-state index in [1.165, 1.54) is 0 Å². The molecule has 1 amide bonds. The van der Waals surface area contributed by atoms with Gasteiger partial charge in [0.25, 0.3) is 0 Å². The van der Waals surface area contributed by atoms with E-state index in [1.807, 2.05) is 6.07 Å². The highest BCUT2D eigenvalue weighted by Crippen LogP contribution is 2.37. The van der Waals surface area contributed by atoms with Gasteiger partial charge in [-0.25, -0.2) is 0 Å². The molecule has 0 aliphatic carbocycles. The fourth-order valence-electron chi connectivity index (χ4n) is 2.25. The zero-order valence-electron chi connectivity index (χ0n) is 12.6. The van der Waals surface area contributed by atoms with Crippen LogP contribution in [-0.4, -0.2) is 25.7 Å². The van der Waals surface area contributed by atoms with Crippen molar-refractivity contribution in [3.63, 3.8) is 0 Å². The number of carbonyl (C=O) groups excluding carboxylic acids is 1. The van der Waals surface area contributed by atoms with Crippen LogP contribution in [0.5, 0.6) is 11.5 Å². The van der Waals surface area contributed by atoms with Crippen molar-refractivity contribution in [3.8, 4) is 17.6 Å². The first-order valence-electron chi connectivity index (χ1n) is 7.29. The first-order chi connectivity index (χ1) is 11.7. The quantitative estimate of drug-likeness (QED) is 0.891. The standard InChI is InChI=1S/C17H14ClN3O3/c18-13-7-15-16(24-5-4-23-15)8-14(13)20-10-17(22)21-12-3-1-2-11(6-12)9-19/h1-3,6-8,20H,4-5,10H2,(H,21,22). The summed E-state index contributed by atoms with van der Waals surface area (Å²) >= 11 is 6.18. The average molecular weight is 344 g/mol. The van der Waals surface area contributed by atoms with Gasteiger partial charge in [-0.3, -0.25) is 4.79 Å². The summed E-state index contributed by atoms with van der Waals surface area (Å²) in [6, 6.07) is 12.1. The molecule has 0 bridgehead atoms. The fourth-order valence-corrected chi connectivity index (χ4v) is 2.47. The Hall–Kier alpha value is -2.91. The van der Waals surface area contributed by atoms with Crippen molar-refractivity contribution in [3.05, 3.63) is 47.0 Å². The Morgan fingerprint density at radius 1 is 1.21 bits per heavy atom. The normalized spacial score (nSPS) is 12.2. The summed E-state index contributed by atoms with van der Waals surface area (Å²) in [4.78, 5) is 12.0. The lowest BCUT2D eigenvalue weighted by Crippen LogP contribution is -2.22. The highest BCUT2D eigenvalue weighted by Gasteiger charge is 2.15. The molecule has 122 valence electrons. The molecule has 0 saturated heterocycles. The van der Waals surface area contributed by atoms with Gasteiger partial charge in [0.05, 0.1) is 28.9 Å². The molecule has 0 aromatic heterocycles. The van der Waals surface area contributed by atoms with Crippen LogP contribution >= 0.6 is 11.6 Å². The first kappa shape index (κ1) is 16.0. The second-order valence-corrected chi connectivity index (χ2v) is 5.48. The van der Waals surface area contributed by atoms with Crippen LogP contribution < -0.4 is 20.1 Å². The Kier molecular flexibility index (Phi) is 4.73. The number of benzene rings is 2. The number of ether oxygens (including phenoxy) is 2. The Bertz CT molecular complexity index is 817. The molecule has 24 heavy (non-hydrogen) atoms. The smallest absolute Gasteiger partial charge is 0.243 e. The minimum Gasteiger partial charge on any atom is -0.486 e. The third-order valence-corrected chi connectivity index (χ3v) is 3.66. The van der Waals surface area contributed by atoms with Crippen LogP contribution in [0.2, 0.25) is 5.02 Å². The van der Waals surface area contributed by atoms with E-state index < -0.39 is 0 Å². The molecule has 0 fully saturated rings. The van der Waals surface area contributed by atoms with Gasteiger partial charge in [0, 0.05) is 17.8 Å². The van der Waals surface area contributed by atoms with Crippen molar-refractivity contribution < 1.29 is 14.3 Å². The second-order valence-electron chi connectivity index (χ2n) is 5.07. The maximum absolute atomic E-state index is 12.0. The van der Waals surface area contributed by atoms with E-state index in [1.54, 1.807) is 36.4 Å². The second kappa shape index (κ2) is 7.11. The molecule has 1 aliphatic heterocycles. The lowest BCUT2D eigenvalue weighted by molar-refractivity contribution is -0.114. The van der Waals surface area contributed by atoms with E-state index in [0.717, 1.165) is 0 Å². The molecule has 7 heteroatoms. The van der Waals surface area contributed by atoms with Crippen LogP contribution in [0, 0.1) is 11.3 Å². The summed E-state index contributed by atoms with van der Waals surface area (Å²) in [6.07, 6.45) is 0. The number of halogens is 1. The molecule has 6 nitrogen and oxygen atoms in total. The largest absolute Gasteiger partial charge is 0.486 e. The maximum atomic E-state index is 12.0. The number of fused-ring (bicyclic) bond motifs is 1. The predicted molar refractivity (Wildman–Crippen MR) is 90.7 cm³/mol. The summed E-state index contributed by atoms with van der Waals surface area (Å²) in [5.41, 5.74) is 1.63. The number of hydrogen-bond donors (Lipinski definition) is 2. The van der Waals surface area contributed by atoms with Gasteiger partial charge in [-0.15, -0.1) is 0 Å². The molecule has 1 heterocycles. The lowest BCUT2D eigenvalue weighted by atomic mass is 10.2. The number of nitriles is 1. The molecule has 0 atom stereocenters. The monoisotopic (exact) mass is 343 g/mol. The number of carbonyl (C=O) groups is 1. The molecule has 2 aromatic carbocycles. The zero-order valence-corrected chi connectivity index (χ0v) is 13.4. The predicted octanol–water partition coefficient (Wildman–Crippen LogP) is 3.03. The molecule has 1 aliphatic rings. The number of hydrogen-bond acceptors (Lipinski definition) is 5. The highest BCUT2D eigenvalue weighted by atomic mass is 35.5. The Morgan fingerprint density at radius 2 is 1.96 bits per heavy atom. The number of nitrogens with zero attached hydrogens (tertiary/aromatic N) is 1. The van der Waals surface area contributed by atoms with Gasteiger partial charge in [-0.05, 0) is 18.2 Å². The molecule has 0 unspecified atom stereocenters. The van der Waals surface area contributed by atoms with Gasteiger partial charge in [-0.2, -0.15) is 5.26 Å². The van der Waals surface area contributed by atoms with E-state index in [9.17, 15) is 4.79 Å². The van der Waals surface area contributed by atoms with Crippen LogP contribution in [0.3, 0.4) is 0 Å². The third kappa shape index (κ3) is 3.70. The summed E-state index contributed by atoms with van der Waals surface area (Å²) in [7, 11) is 0. The van der Waals surface area contributed by atoms with Crippen LogP contribution in [0.1, 0.15) is 5.56 Å². The van der Waals surface area contributed by atoms with Gasteiger partial charge in [0.1, 0.15) is 13.2 Å². The molecular weight excluding hydrogens is 330 g/mol. The van der Waals surface area contributed by atoms with Crippen molar-refractivity contribution in [2.45, 2.75) is 0 Å². The van der Waals surface area contributed by atoms with Crippen molar-refractivity contribution >= 4 is 28.9 Å². The van der Waals surface area contributed by atoms with Crippen molar-refractivity contribution in [2.24, 2.45) is 0 Å². The van der Waals surface area contributed by atoms with Crippen molar-refractivity contribution in [1.29, 1.82) is 5.26 Å². The van der Waals surface area contributed by atoms with Gasteiger partial charge < -0.3 is 20.1 Å². The molecule has 2 aromatic rings. The molecule has 0 spiro atoms. The maximum Gasteiger partial charge on any atom is 0.243 e. The number of amides is 1. The minimum absolute atomic E-state index is 0.0240. The summed E-state index contributed by atoms with van der Waals surface area (Å²) in [5.74, 6) is 0.931. The average Bonchev–Trinajstić information content (AvgIpc) is 2.60. The number of anilines is 2. The van der Waals surface area contributed by atoms with E-state index in [2.05, 4.69) is 10.6 Å². The van der Waals surface area contributed by atoms with Gasteiger partial charge in [0.15, 0.2) is 11.5 Å². The van der Waals surface area contributed by atoms with E-state index >= 15 is 0 Å². The highest BCUT2D eigenvalue weighted by molar-refractivity contribution is 6.33. The van der Waals surface area contributed by atoms with Gasteiger partial charge in [0.2, 0.25) is 5.91 Å². The summed E-state index contributed by atoms with van der Waals surface area (Å²) < 4.78 is 10.9. The number of rotatable bonds is 4. The van der Waals surface area contributed by atoms with Crippen LogP contribution in [-0.2, 0) is 4.79 Å². The lowest BCUT2D eigenvalue weighted by Gasteiger charge is -2.20. The van der Waals surface area contributed by atoms with Crippen molar-refractivity contribution in [2.75, 3.05) is 30.4 Å². The Balaban J connectivity index is 1.63. The molecule has 3 rings (SSSR count). The van der Waals surface area contributed by atoms with Crippen LogP contribution in [0.25, 0.3) is 0 Å². The van der Waals surface area contributed by atoms with Gasteiger partial charge >= 0.3 is 0 Å².